The summed E-state index contributed by atoms with van der Waals surface area (Å²) >= 11 is 0. The summed E-state index contributed by atoms with van der Waals surface area (Å²) in [5.74, 6) is 0.775. The average molecular weight is 127 g/mol. The topological polar surface area (TPSA) is 26.0 Å². The molecular weight excluding hydrogens is 110 g/mol. The Balaban J connectivity index is 2.45. The zero-order chi connectivity index (χ0) is 7.07. The Morgan fingerprint density at radius 3 is 2.11 bits per heavy atom. The lowest BCUT2D eigenvalue weighted by Crippen LogP contribution is -2.45. The SMILES string of the molecule is C[C@H](N)[C@@H]1CCC1(C)C. The quantitative estimate of drug-likeness (QED) is 0.570. The average Bonchev–Trinajstić information content (AvgIpc) is 1.62. The minimum Gasteiger partial charge on any atom is -0.328 e. The lowest BCUT2D eigenvalue weighted by Gasteiger charge is -2.46. The summed E-state index contributed by atoms with van der Waals surface area (Å²) in [5.41, 5.74) is 6.31. The zero-order valence-electron chi connectivity index (χ0n) is 6.65. The Morgan fingerprint density at radius 1 is 1.56 bits per heavy atom. The molecule has 1 heteroatoms. The highest BCUT2D eigenvalue weighted by Crippen LogP contribution is 2.46. The third-order valence-corrected chi connectivity index (χ3v) is 2.74. The van der Waals surface area contributed by atoms with Gasteiger partial charge in [-0.1, -0.05) is 13.8 Å². The Morgan fingerprint density at radius 2 is 2.11 bits per heavy atom. The number of nitrogens with two attached hydrogens (primary N) is 1. The van der Waals surface area contributed by atoms with Crippen molar-refractivity contribution >= 4 is 0 Å². The Labute approximate surface area is 57.6 Å². The molecular formula is C8H17N. The van der Waals surface area contributed by atoms with Crippen LogP contribution in [0.3, 0.4) is 0 Å². The highest BCUT2D eigenvalue weighted by molar-refractivity contribution is 4.92. The molecule has 9 heavy (non-hydrogen) atoms. The molecule has 0 amide bonds. The van der Waals surface area contributed by atoms with Gasteiger partial charge in [-0.25, -0.2) is 0 Å². The molecule has 0 unspecified atom stereocenters. The molecule has 54 valence electrons. The molecule has 1 aliphatic carbocycles. The van der Waals surface area contributed by atoms with Crippen LogP contribution in [0.15, 0.2) is 0 Å². The smallest absolute Gasteiger partial charge is 0.00438 e. The van der Waals surface area contributed by atoms with E-state index in [1.54, 1.807) is 0 Å². The van der Waals surface area contributed by atoms with Gasteiger partial charge in [-0.2, -0.15) is 0 Å². The number of rotatable bonds is 1. The van der Waals surface area contributed by atoms with E-state index in [-0.39, 0.29) is 0 Å². The first-order valence-corrected chi connectivity index (χ1v) is 3.79. The number of hydrogen-bond donors (Lipinski definition) is 1. The van der Waals surface area contributed by atoms with Crippen molar-refractivity contribution < 1.29 is 0 Å². The van der Waals surface area contributed by atoms with Crippen LogP contribution in [0.4, 0.5) is 0 Å². The maximum absolute atomic E-state index is 5.77. The van der Waals surface area contributed by atoms with Gasteiger partial charge in [0.25, 0.3) is 0 Å². The maximum Gasteiger partial charge on any atom is 0.00438 e. The second-order valence-electron chi connectivity index (χ2n) is 3.99. The van der Waals surface area contributed by atoms with E-state index in [4.69, 9.17) is 5.73 Å². The van der Waals surface area contributed by atoms with Crippen molar-refractivity contribution in [3.63, 3.8) is 0 Å². The molecule has 0 heterocycles. The monoisotopic (exact) mass is 127 g/mol. The van der Waals surface area contributed by atoms with E-state index in [9.17, 15) is 0 Å². The highest BCUT2D eigenvalue weighted by Gasteiger charge is 2.40. The third kappa shape index (κ3) is 1.11. The Bertz CT molecular complexity index is 105. The molecule has 0 radical (unpaired) electrons. The van der Waals surface area contributed by atoms with Crippen molar-refractivity contribution in [2.75, 3.05) is 0 Å². The van der Waals surface area contributed by atoms with E-state index in [0.29, 0.717) is 11.5 Å². The van der Waals surface area contributed by atoms with Crippen LogP contribution in [0.1, 0.15) is 33.6 Å². The Hall–Kier alpha value is -0.0400. The molecule has 1 fully saturated rings. The fraction of sp³-hybridized carbons (Fsp3) is 1.00. The largest absolute Gasteiger partial charge is 0.328 e. The molecule has 0 aliphatic heterocycles. The summed E-state index contributed by atoms with van der Waals surface area (Å²) < 4.78 is 0. The predicted molar refractivity (Wildman–Crippen MR) is 40.2 cm³/mol. The van der Waals surface area contributed by atoms with Crippen molar-refractivity contribution in [1.82, 2.24) is 0 Å². The van der Waals surface area contributed by atoms with Crippen LogP contribution < -0.4 is 5.73 Å². The van der Waals surface area contributed by atoms with E-state index < -0.39 is 0 Å². The lowest BCUT2D eigenvalue weighted by molar-refractivity contribution is 0.0544. The molecule has 2 N–H and O–H groups in total. The minimum atomic E-state index is 0.397. The molecule has 0 aromatic heterocycles. The van der Waals surface area contributed by atoms with Gasteiger partial charge in [-0.15, -0.1) is 0 Å². The molecule has 1 rings (SSSR count). The van der Waals surface area contributed by atoms with E-state index in [0.717, 1.165) is 5.92 Å². The van der Waals surface area contributed by atoms with Gasteiger partial charge in [0, 0.05) is 6.04 Å². The van der Waals surface area contributed by atoms with Crippen LogP contribution in [-0.2, 0) is 0 Å². The van der Waals surface area contributed by atoms with Crippen LogP contribution >= 0.6 is 0 Å². The maximum atomic E-state index is 5.77. The molecule has 1 aliphatic rings. The predicted octanol–water partition coefficient (Wildman–Crippen LogP) is 1.77. The molecule has 1 nitrogen and oxygen atoms in total. The normalized spacial score (nSPS) is 35.3. The number of hydrogen-bond acceptors (Lipinski definition) is 1. The van der Waals surface area contributed by atoms with Gasteiger partial charge < -0.3 is 5.73 Å². The van der Waals surface area contributed by atoms with Crippen LogP contribution in [-0.4, -0.2) is 6.04 Å². The van der Waals surface area contributed by atoms with Crippen molar-refractivity contribution in [1.29, 1.82) is 0 Å². The van der Waals surface area contributed by atoms with Gasteiger partial charge in [-0.3, -0.25) is 0 Å². The van der Waals surface area contributed by atoms with E-state index >= 15 is 0 Å². The molecule has 0 aromatic carbocycles. The molecule has 1 saturated carbocycles. The first kappa shape index (κ1) is 7.07. The van der Waals surface area contributed by atoms with E-state index in [2.05, 4.69) is 20.8 Å². The van der Waals surface area contributed by atoms with Crippen LogP contribution in [0.25, 0.3) is 0 Å². The fourth-order valence-electron chi connectivity index (χ4n) is 1.86. The summed E-state index contributed by atoms with van der Waals surface area (Å²) in [7, 11) is 0. The second-order valence-corrected chi connectivity index (χ2v) is 3.99. The molecule has 0 aromatic rings. The fourth-order valence-corrected chi connectivity index (χ4v) is 1.86. The van der Waals surface area contributed by atoms with Gasteiger partial charge in [0.1, 0.15) is 0 Å². The molecule has 0 bridgehead atoms. The van der Waals surface area contributed by atoms with Crippen molar-refractivity contribution in [3.8, 4) is 0 Å². The van der Waals surface area contributed by atoms with Crippen LogP contribution in [0.2, 0.25) is 0 Å². The summed E-state index contributed by atoms with van der Waals surface area (Å²) in [4.78, 5) is 0. The molecule has 2 atom stereocenters. The third-order valence-electron chi connectivity index (χ3n) is 2.74. The van der Waals surface area contributed by atoms with Gasteiger partial charge in [-0.05, 0) is 31.1 Å². The van der Waals surface area contributed by atoms with E-state index in [1.807, 2.05) is 0 Å². The second kappa shape index (κ2) is 1.98. The van der Waals surface area contributed by atoms with Crippen LogP contribution in [0, 0.1) is 11.3 Å². The van der Waals surface area contributed by atoms with Gasteiger partial charge in [0.2, 0.25) is 0 Å². The van der Waals surface area contributed by atoms with Gasteiger partial charge in [0.15, 0.2) is 0 Å². The molecule has 0 spiro atoms. The summed E-state index contributed by atoms with van der Waals surface area (Å²) in [6.07, 6.45) is 2.70. The first-order valence-electron chi connectivity index (χ1n) is 3.79. The van der Waals surface area contributed by atoms with E-state index in [1.165, 1.54) is 12.8 Å². The van der Waals surface area contributed by atoms with Crippen molar-refractivity contribution in [2.24, 2.45) is 17.1 Å². The van der Waals surface area contributed by atoms with Gasteiger partial charge in [0.05, 0.1) is 0 Å². The first-order chi connectivity index (χ1) is 4.04. The summed E-state index contributed by atoms with van der Waals surface area (Å²) in [6, 6.07) is 0.397. The zero-order valence-corrected chi connectivity index (χ0v) is 6.65. The molecule has 0 saturated heterocycles. The highest BCUT2D eigenvalue weighted by atomic mass is 14.7. The summed E-state index contributed by atoms with van der Waals surface area (Å²) in [6.45, 7) is 6.74. The standard InChI is InChI=1S/C8H17N/c1-6(9)7-4-5-8(7,2)3/h6-7H,4-5,9H2,1-3H3/t6-,7-/m0/s1. The van der Waals surface area contributed by atoms with Crippen molar-refractivity contribution in [3.05, 3.63) is 0 Å². The van der Waals surface area contributed by atoms with Gasteiger partial charge >= 0.3 is 0 Å². The minimum absolute atomic E-state index is 0.397. The summed E-state index contributed by atoms with van der Waals surface area (Å²) in [5, 5.41) is 0. The van der Waals surface area contributed by atoms with Crippen molar-refractivity contribution in [2.45, 2.75) is 39.7 Å². The lowest BCUT2D eigenvalue weighted by atomic mass is 9.60. The van der Waals surface area contributed by atoms with Crippen LogP contribution in [0.5, 0.6) is 0 Å². The Kier molecular flexibility index (Phi) is 1.55.